The van der Waals surface area contributed by atoms with E-state index in [0.717, 1.165) is 12.8 Å². The van der Waals surface area contributed by atoms with Gasteiger partial charge in [-0.3, -0.25) is 9.00 Å². The molecule has 2 rings (SSSR count). The lowest BCUT2D eigenvalue weighted by molar-refractivity contribution is -0.129. The first-order chi connectivity index (χ1) is 9.91. The van der Waals surface area contributed by atoms with Crippen LogP contribution in [0.15, 0.2) is 27.6 Å². The number of benzene rings is 1. The molecule has 2 atom stereocenters. The molecule has 1 N–H and O–H groups in total. The molecule has 0 bridgehead atoms. The molecular formula is C14H16BrNO4S. The molecule has 0 saturated carbocycles. The molecule has 2 unspecified atom stereocenters. The maximum Gasteiger partial charge on any atom is 0.336 e. The van der Waals surface area contributed by atoms with Gasteiger partial charge in [0.05, 0.1) is 16.4 Å². The van der Waals surface area contributed by atoms with Gasteiger partial charge >= 0.3 is 5.97 Å². The standard InChI is InChI=1S/C14H16BrNO4S/c1-9(13(17)16-6-2-3-7-16)21(20)10-4-5-12(15)11(8-10)14(18)19/h4-5,8-9H,2-3,6-7H2,1H3,(H,18,19). The highest BCUT2D eigenvalue weighted by Gasteiger charge is 2.28. The van der Waals surface area contributed by atoms with Gasteiger partial charge in [-0.1, -0.05) is 0 Å². The van der Waals surface area contributed by atoms with Crippen LogP contribution in [-0.2, 0) is 15.6 Å². The predicted octanol–water partition coefficient (Wildman–Crippen LogP) is 2.27. The van der Waals surface area contributed by atoms with Crippen LogP contribution in [0.2, 0.25) is 0 Å². The molecule has 1 aromatic rings. The fourth-order valence-corrected chi connectivity index (χ4v) is 3.88. The summed E-state index contributed by atoms with van der Waals surface area (Å²) in [6.07, 6.45) is 1.96. The van der Waals surface area contributed by atoms with Crippen LogP contribution >= 0.6 is 15.9 Å². The van der Waals surface area contributed by atoms with Crippen LogP contribution in [0.4, 0.5) is 0 Å². The van der Waals surface area contributed by atoms with Gasteiger partial charge in [0.2, 0.25) is 5.91 Å². The van der Waals surface area contributed by atoms with Gasteiger partial charge in [0.25, 0.3) is 0 Å². The fourth-order valence-electron chi connectivity index (χ4n) is 2.28. The Bertz CT molecular complexity index is 599. The summed E-state index contributed by atoms with van der Waals surface area (Å²) in [7, 11) is -1.56. The summed E-state index contributed by atoms with van der Waals surface area (Å²) in [6.45, 7) is 3.04. The Balaban J connectivity index is 2.21. The third kappa shape index (κ3) is 3.52. The van der Waals surface area contributed by atoms with E-state index in [2.05, 4.69) is 15.9 Å². The van der Waals surface area contributed by atoms with Gasteiger partial charge in [0, 0.05) is 22.5 Å². The largest absolute Gasteiger partial charge is 0.478 e. The lowest BCUT2D eigenvalue weighted by atomic mass is 10.2. The number of aromatic carboxylic acids is 1. The van der Waals surface area contributed by atoms with Gasteiger partial charge in [-0.25, -0.2) is 4.79 Å². The molecule has 1 aliphatic heterocycles. The summed E-state index contributed by atoms with van der Waals surface area (Å²) in [5, 5.41) is 8.41. The molecule has 1 aliphatic rings. The minimum Gasteiger partial charge on any atom is -0.478 e. The Morgan fingerprint density at radius 3 is 2.52 bits per heavy atom. The Kier molecular flexibility index (Phi) is 5.16. The quantitative estimate of drug-likeness (QED) is 0.878. The van der Waals surface area contributed by atoms with Gasteiger partial charge < -0.3 is 10.0 Å². The van der Waals surface area contributed by atoms with Crippen LogP contribution in [0.3, 0.4) is 0 Å². The lowest BCUT2D eigenvalue weighted by Gasteiger charge is -2.20. The lowest BCUT2D eigenvalue weighted by Crippen LogP contribution is -2.37. The topological polar surface area (TPSA) is 74.7 Å². The molecule has 0 spiro atoms. The second-order valence-electron chi connectivity index (χ2n) is 4.92. The van der Waals surface area contributed by atoms with Gasteiger partial charge in [-0.05, 0) is 53.9 Å². The Morgan fingerprint density at radius 2 is 1.95 bits per heavy atom. The van der Waals surface area contributed by atoms with Crippen molar-refractivity contribution in [3.05, 3.63) is 28.2 Å². The van der Waals surface area contributed by atoms with E-state index in [0.29, 0.717) is 22.5 Å². The Labute approximate surface area is 133 Å². The SMILES string of the molecule is CC(C(=O)N1CCCC1)S(=O)c1ccc(Br)c(C(=O)O)c1. The maximum atomic E-state index is 12.5. The summed E-state index contributed by atoms with van der Waals surface area (Å²) >= 11 is 3.15. The van der Waals surface area contributed by atoms with Crippen molar-refractivity contribution in [2.24, 2.45) is 0 Å². The van der Waals surface area contributed by atoms with E-state index in [1.807, 2.05) is 0 Å². The van der Waals surface area contributed by atoms with Crippen LogP contribution in [0.25, 0.3) is 0 Å². The number of likely N-dealkylation sites (tertiary alicyclic amines) is 1. The zero-order valence-corrected chi connectivity index (χ0v) is 13.9. The summed E-state index contributed by atoms with van der Waals surface area (Å²) in [5.41, 5.74) is 0.0432. The molecule has 1 heterocycles. The number of halogens is 1. The van der Waals surface area contributed by atoms with E-state index in [4.69, 9.17) is 5.11 Å². The molecule has 114 valence electrons. The number of hydrogen-bond acceptors (Lipinski definition) is 3. The number of rotatable bonds is 4. The smallest absolute Gasteiger partial charge is 0.336 e. The summed E-state index contributed by atoms with van der Waals surface area (Å²) in [4.78, 5) is 25.4. The van der Waals surface area contributed by atoms with E-state index in [-0.39, 0.29) is 11.5 Å². The molecule has 0 radical (unpaired) electrons. The third-order valence-electron chi connectivity index (χ3n) is 3.49. The number of carboxylic acid groups (broad SMARTS) is 1. The molecule has 21 heavy (non-hydrogen) atoms. The number of carbonyl (C=O) groups excluding carboxylic acids is 1. The number of hydrogen-bond donors (Lipinski definition) is 1. The van der Waals surface area contributed by atoms with E-state index in [9.17, 15) is 13.8 Å². The van der Waals surface area contributed by atoms with Gasteiger partial charge in [-0.2, -0.15) is 0 Å². The number of nitrogens with zero attached hydrogens (tertiary/aromatic N) is 1. The van der Waals surface area contributed by atoms with Crippen molar-refractivity contribution in [2.75, 3.05) is 13.1 Å². The van der Waals surface area contributed by atoms with Crippen molar-refractivity contribution in [3.63, 3.8) is 0 Å². The predicted molar refractivity (Wildman–Crippen MR) is 82.8 cm³/mol. The maximum absolute atomic E-state index is 12.5. The minimum absolute atomic E-state index is 0.0432. The molecule has 5 nitrogen and oxygen atoms in total. The first kappa shape index (κ1) is 16.2. The first-order valence-corrected chi connectivity index (χ1v) is 8.64. The Hall–Kier alpha value is -1.21. The molecule has 0 aromatic heterocycles. The van der Waals surface area contributed by atoms with Crippen molar-refractivity contribution in [1.82, 2.24) is 4.90 Å². The molecule has 1 amide bonds. The average Bonchev–Trinajstić information content (AvgIpc) is 2.99. The minimum atomic E-state index is -1.56. The van der Waals surface area contributed by atoms with Crippen molar-refractivity contribution >= 4 is 38.6 Å². The summed E-state index contributed by atoms with van der Waals surface area (Å²) in [6, 6.07) is 4.49. The van der Waals surface area contributed by atoms with Gasteiger partial charge in [-0.15, -0.1) is 0 Å². The molecular weight excluding hydrogens is 358 g/mol. The molecule has 0 aliphatic carbocycles. The fraction of sp³-hybridized carbons (Fsp3) is 0.429. The third-order valence-corrected chi connectivity index (χ3v) is 5.74. The van der Waals surface area contributed by atoms with Gasteiger partial charge in [0.15, 0.2) is 0 Å². The first-order valence-electron chi connectivity index (χ1n) is 6.64. The number of amides is 1. The highest BCUT2D eigenvalue weighted by atomic mass is 79.9. The van der Waals surface area contributed by atoms with E-state index in [1.54, 1.807) is 24.0 Å². The molecule has 7 heteroatoms. The molecule has 1 saturated heterocycles. The van der Waals surface area contributed by atoms with Crippen LogP contribution in [0.5, 0.6) is 0 Å². The van der Waals surface area contributed by atoms with E-state index in [1.165, 1.54) is 6.07 Å². The zero-order valence-electron chi connectivity index (χ0n) is 11.5. The summed E-state index contributed by atoms with van der Waals surface area (Å²) < 4.78 is 12.9. The molecule has 1 aromatic carbocycles. The second-order valence-corrected chi connectivity index (χ2v) is 7.55. The number of carbonyl (C=O) groups is 2. The molecule has 1 fully saturated rings. The average molecular weight is 374 g/mol. The van der Waals surface area contributed by atoms with Crippen LogP contribution in [0.1, 0.15) is 30.1 Å². The monoisotopic (exact) mass is 373 g/mol. The van der Waals surface area contributed by atoms with Crippen molar-refractivity contribution < 1.29 is 18.9 Å². The van der Waals surface area contributed by atoms with Crippen molar-refractivity contribution in [1.29, 1.82) is 0 Å². The Morgan fingerprint density at radius 1 is 1.33 bits per heavy atom. The number of carboxylic acids is 1. The van der Waals surface area contributed by atoms with Gasteiger partial charge in [0.1, 0.15) is 5.25 Å². The van der Waals surface area contributed by atoms with E-state index >= 15 is 0 Å². The zero-order chi connectivity index (χ0) is 15.6. The van der Waals surface area contributed by atoms with Crippen LogP contribution in [-0.4, -0.2) is 44.4 Å². The van der Waals surface area contributed by atoms with Crippen LogP contribution < -0.4 is 0 Å². The van der Waals surface area contributed by atoms with Crippen LogP contribution in [0, 0.1) is 0 Å². The summed E-state index contributed by atoms with van der Waals surface area (Å²) in [5.74, 6) is -1.23. The van der Waals surface area contributed by atoms with Crippen molar-refractivity contribution in [3.8, 4) is 0 Å². The highest BCUT2D eigenvalue weighted by molar-refractivity contribution is 9.10. The second kappa shape index (κ2) is 6.70. The van der Waals surface area contributed by atoms with Crippen molar-refractivity contribution in [2.45, 2.75) is 29.9 Å². The highest BCUT2D eigenvalue weighted by Crippen LogP contribution is 2.23. The normalized spacial score (nSPS) is 17.5. The van der Waals surface area contributed by atoms with E-state index < -0.39 is 22.0 Å².